The van der Waals surface area contributed by atoms with Crippen molar-refractivity contribution in [2.45, 2.75) is 25.5 Å². The van der Waals surface area contributed by atoms with Crippen LogP contribution in [0.3, 0.4) is 0 Å². The van der Waals surface area contributed by atoms with Crippen LogP contribution in [0.4, 0.5) is 14.7 Å². The van der Waals surface area contributed by atoms with Gasteiger partial charge in [-0.1, -0.05) is 12.1 Å². The van der Waals surface area contributed by atoms with Gasteiger partial charge in [0.15, 0.2) is 0 Å². The van der Waals surface area contributed by atoms with Gasteiger partial charge in [0.1, 0.15) is 11.9 Å². The Labute approximate surface area is 133 Å². The van der Waals surface area contributed by atoms with Gasteiger partial charge in [-0.05, 0) is 37.6 Å². The molecule has 2 heterocycles. The monoisotopic (exact) mass is 320 g/mol. The van der Waals surface area contributed by atoms with Crippen LogP contribution in [-0.2, 0) is 0 Å². The van der Waals surface area contributed by atoms with Crippen molar-refractivity contribution in [1.82, 2.24) is 15.3 Å². The predicted octanol–water partition coefficient (Wildman–Crippen LogP) is 2.67. The summed E-state index contributed by atoms with van der Waals surface area (Å²) in [6, 6.07) is 6.10. The van der Waals surface area contributed by atoms with Crippen LogP contribution in [0, 0.1) is 11.6 Å². The van der Waals surface area contributed by atoms with Crippen molar-refractivity contribution >= 4 is 5.95 Å². The number of benzene rings is 1. The third-order valence-corrected chi connectivity index (χ3v) is 3.73. The topological polar surface area (TPSA) is 59.1 Å². The fourth-order valence-electron chi connectivity index (χ4n) is 2.43. The summed E-state index contributed by atoms with van der Waals surface area (Å²) in [6.07, 6.45) is 1.59. The molecule has 23 heavy (non-hydrogen) atoms. The number of nitrogens with zero attached hydrogens (tertiary/aromatic N) is 2. The van der Waals surface area contributed by atoms with Gasteiger partial charge in [0.25, 0.3) is 5.88 Å². The van der Waals surface area contributed by atoms with Gasteiger partial charge in [0, 0.05) is 12.6 Å². The van der Waals surface area contributed by atoms with E-state index in [1.54, 1.807) is 19.1 Å². The zero-order chi connectivity index (χ0) is 16.2. The standard InChI is InChI=1S/C16H18F2N4O/c1-10(11-2-4-12(17)5-3-11)23-15-14(18)9-20-16(22-15)21-13-6-7-19-8-13/h2-5,9-10,13,19H,6-8H2,1H3,(H,20,21,22)/t10-,13-/m1/s1. The minimum atomic E-state index is -0.631. The van der Waals surface area contributed by atoms with Gasteiger partial charge in [0.05, 0.1) is 6.20 Å². The number of anilines is 1. The molecule has 3 rings (SSSR count). The van der Waals surface area contributed by atoms with Gasteiger partial charge in [-0.25, -0.2) is 9.37 Å². The van der Waals surface area contributed by atoms with E-state index in [-0.39, 0.29) is 17.7 Å². The summed E-state index contributed by atoms with van der Waals surface area (Å²) in [4.78, 5) is 8.04. The molecule has 1 aliphatic heterocycles. The van der Waals surface area contributed by atoms with Crippen LogP contribution in [0.2, 0.25) is 0 Å². The molecule has 5 nitrogen and oxygen atoms in total. The first-order valence-electron chi connectivity index (χ1n) is 7.54. The van der Waals surface area contributed by atoms with Crippen molar-refractivity contribution < 1.29 is 13.5 Å². The van der Waals surface area contributed by atoms with Crippen molar-refractivity contribution in [1.29, 1.82) is 0 Å². The fourth-order valence-corrected chi connectivity index (χ4v) is 2.43. The highest BCUT2D eigenvalue weighted by atomic mass is 19.1. The smallest absolute Gasteiger partial charge is 0.255 e. The normalized spacial score (nSPS) is 18.7. The molecule has 0 amide bonds. The molecule has 1 aliphatic rings. The van der Waals surface area contributed by atoms with E-state index in [0.717, 1.165) is 31.3 Å². The lowest BCUT2D eigenvalue weighted by atomic mass is 10.1. The Morgan fingerprint density at radius 3 is 2.78 bits per heavy atom. The first-order valence-corrected chi connectivity index (χ1v) is 7.54. The van der Waals surface area contributed by atoms with Crippen LogP contribution >= 0.6 is 0 Å². The molecule has 0 bridgehead atoms. The van der Waals surface area contributed by atoms with Crippen molar-refractivity contribution in [3.05, 3.63) is 47.7 Å². The second-order valence-corrected chi connectivity index (χ2v) is 5.49. The average Bonchev–Trinajstić information content (AvgIpc) is 3.04. The zero-order valence-corrected chi connectivity index (χ0v) is 12.7. The summed E-state index contributed by atoms with van der Waals surface area (Å²) in [5.41, 5.74) is 0.735. The highest BCUT2D eigenvalue weighted by Crippen LogP contribution is 2.23. The largest absolute Gasteiger partial charge is 0.468 e. The van der Waals surface area contributed by atoms with Crippen molar-refractivity contribution in [2.75, 3.05) is 18.4 Å². The summed E-state index contributed by atoms with van der Waals surface area (Å²) >= 11 is 0. The molecule has 1 aromatic heterocycles. The van der Waals surface area contributed by atoms with Crippen LogP contribution in [0.1, 0.15) is 25.0 Å². The third kappa shape index (κ3) is 3.92. The summed E-state index contributed by atoms with van der Waals surface area (Å²) in [6.45, 7) is 3.51. The first kappa shape index (κ1) is 15.6. The van der Waals surface area contributed by atoms with Gasteiger partial charge < -0.3 is 15.4 Å². The van der Waals surface area contributed by atoms with Gasteiger partial charge in [-0.3, -0.25) is 0 Å². The van der Waals surface area contributed by atoms with E-state index in [9.17, 15) is 8.78 Å². The maximum atomic E-state index is 13.9. The molecule has 2 atom stereocenters. The molecule has 1 aromatic carbocycles. The van der Waals surface area contributed by atoms with Gasteiger partial charge in [-0.15, -0.1) is 0 Å². The molecule has 0 saturated carbocycles. The van der Waals surface area contributed by atoms with E-state index in [4.69, 9.17) is 4.74 Å². The number of hydrogen-bond donors (Lipinski definition) is 2. The Morgan fingerprint density at radius 2 is 2.09 bits per heavy atom. The van der Waals surface area contributed by atoms with E-state index < -0.39 is 11.9 Å². The van der Waals surface area contributed by atoms with Crippen LogP contribution in [0.15, 0.2) is 30.5 Å². The fraction of sp³-hybridized carbons (Fsp3) is 0.375. The summed E-state index contributed by atoms with van der Waals surface area (Å²) in [7, 11) is 0. The summed E-state index contributed by atoms with van der Waals surface area (Å²) in [5.74, 6) is -0.744. The predicted molar refractivity (Wildman–Crippen MR) is 82.3 cm³/mol. The molecular weight excluding hydrogens is 302 g/mol. The Kier molecular flexibility index (Phi) is 4.66. The minimum Gasteiger partial charge on any atom is -0.468 e. The Morgan fingerprint density at radius 1 is 1.30 bits per heavy atom. The van der Waals surface area contributed by atoms with E-state index in [2.05, 4.69) is 20.6 Å². The Hall–Kier alpha value is -2.28. The molecule has 0 radical (unpaired) electrons. The lowest BCUT2D eigenvalue weighted by Gasteiger charge is -2.16. The van der Waals surface area contributed by atoms with E-state index >= 15 is 0 Å². The third-order valence-electron chi connectivity index (χ3n) is 3.73. The number of ether oxygens (including phenoxy) is 1. The molecular formula is C16H18F2N4O. The molecule has 0 aliphatic carbocycles. The quantitative estimate of drug-likeness (QED) is 0.887. The number of rotatable bonds is 5. The van der Waals surface area contributed by atoms with E-state index in [1.807, 2.05) is 0 Å². The lowest BCUT2D eigenvalue weighted by Crippen LogP contribution is -2.23. The lowest BCUT2D eigenvalue weighted by molar-refractivity contribution is 0.206. The molecule has 7 heteroatoms. The minimum absolute atomic E-state index is 0.120. The average molecular weight is 320 g/mol. The Bertz CT molecular complexity index is 660. The second-order valence-electron chi connectivity index (χ2n) is 5.49. The van der Waals surface area contributed by atoms with Crippen LogP contribution in [-0.4, -0.2) is 29.1 Å². The molecule has 2 N–H and O–H groups in total. The summed E-state index contributed by atoms with van der Waals surface area (Å²) in [5, 5.41) is 6.37. The van der Waals surface area contributed by atoms with Gasteiger partial charge in [0.2, 0.25) is 11.8 Å². The molecule has 1 fully saturated rings. The van der Waals surface area contributed by atoms with E-state index in [1.165, 1.54) is 12.1 Å². The first-order chi connectivity index (χ1) is 11.1. The maximum absolute atomic E-state index is 13.9. The number of halogens is 2. The van der Waals surface area contributed by atoms with Crippen LogP contribution in [0.25, 0.3) is 0 Å². The summed E-state index contributed by atoms with van der Waals surface area (Å²) < 4.78 is 32.4. The number of aromatic nitrogens is 2. The molecule has 0 unspecified atom stereocenters. The second kappa shape index (κ2) is 6.87. The maximum Gasteiger partial charge on any atom is 0.255 e. The highest BCUT2D eigenvalue weighted by molar-refractivity contribution is 5.31. The number of hydrogen-bond acceptors (Lipinski definition) is 5. The highest BCUT2D eigenvalue weighted by Gasteiger charge is 2.18. The molecule has 122 valence electrons. The van der Waals surface area contributed by atoms with Crippen LogP contribution in [0.5, 0.6) is 5.88 Å². The van der Waals surface area contributed by atoms with Gasteiger partial charge in [-0.2, -0.15) is 9.37 Å². The van der Waals surface area contributed by atoms with Gasteiger partial charge >= 0.3 is 0 Å². The van der Waals surface area contributed by atoms with Crippen molar-refractivity contribution in [3.63, 3.8) is 0 Å². The Balaban J connectivity index is 1.71. The van der Waals surface area contributed by atoms with E-state index in [0.29, 0.717) is 5.95 Å². The molecule has 1 saturated heterocycles. The van der Waals surface area contributed by atoms with Crippen molar-refractivity contribution in [2.24, 2.45) is 0 Å². The van der Waals surface area contributed by atoms with Crippen molar-refractivity contribution in [3.8, 4) is 5.88 Å². The van der Waals surface area contributed by atoms with Crippen LogP contribution < -0.4 is 15.4 Å². The number of nitrogens with one attached hydrogen (secondary N) is 2. The zero-order valence-electron chi connectivity index (χ0n) is 12.7. The SMILES string of the molecule is C[C@@H](Oc1nc(N[C@@H]2CCNC2)ncc1F)c1ccc(F)cc1. The molecule has 0 spiro atoms. The molecule has 2 aromatic rings.